The van der Waals surface area contributed by atoms with Gasteiger partial charge in [0, 0.05) is 28.6 Å². The zero-order valence-electron chi connectivity index (χ0n) is 17.2. The highest BCUT2D eigenvalue weighted by molar-refractivity contribution is 5.88. The van der Waals surface area contributed by atoms with Crippen molar-refractivity contribution in [1.29, 1.82) is 0 Å². The van der Waals surface area contributed by atoms with Gasteiger partial charge in [0.05, 0.1) is 23.4 Å². The zero-order chi connectivity index (χ0) is 22.2. The summed E-state index contributed by atoms with van der Waals surface area (Å²) in [7, 11) is 0. The quantitative estimate of drug-likeness (QED) is 0.623. The van der Waals surface area contributed by atoms with Crippen LogP contribution in [0.15, 0.2) is 36.3 Å². The maximum absolute atomic E-state index is 13.2. The number of halogens is 3. The molecule has 2 bridgehead atoms. The lowest BCUT2D eigenvalue weighted by atomic mass is 9.54. The molecule has 6 nitrogen and oxygen atoms in total. The van der Waals surface area contributed by atoms with Gasteiger partial charge in [-0.15, -0.1) is 0 Å². The van der Waals surface area contributed by atoms with Crippen molar-refractivity contribution in [3.05, 3.63) is 47.4 Å². The molecule has 2 aromatic heterocycles. The number of amides is 1. The zero-order valence-corrected chi connectivity index (χ0v) is 17.2. The van der Waals surface area contributed by atoms with Crippen molar-refractivity contribution in [2.45, 2.75) is 38.8 Å². The molecule has 31 heavy (non-hydrogen) atoms. The fraction of sp³-hybridized carbons (Fsp3) is 0.364. The van der Waals surface area contributed by atoms with Crippen LogP contribution in [-0.2, 0) is 10.2 Å². The van der Waals surface area contributed by atoms with Gasteiger partial charge in [-0.1, -0.05) is 20.8 Å². The Morgan fingerprint density at radius 1 is 1.19 bits per heavy atom. The van der Waals surface area contributed by atoms with E-state index in [1.54, 1.807) is 24.5 Å². The minimum absolute atomic E-state index is 0.0263. The van der Waals surface area contributed by atoms with E-state index in [1.165, 1.54) is 0 Å². The lowest BCUT2D eigenvalue weighted by molar-refractivity contribution is -0.186. The lowest BCUT2D eigenvalue weighted by Crippen LogP contribution is -2.57. The lowest BCUT2D eigenvalue weighted by Gasteiger charge is -2.56. The van der Waals surface area contributed by atoms with Crippen LogP contribution >= 0.6 is 0 Å². The van der Waals surface area contributed by atoms with Gasteiger partial charge in [-0.05, 0) is 41.8 Å². The maximum atomic E-state index is 13.2. The number of nitrogens with one attached hydrogen (secondary N) is 1. The minimum atomic E-state index is -4.91. The van der Waals surface area contributed by atoms with Gasteiger partial charge in [0.2, 0.25) is 0 Å². The number of carbonyl (C=O) groups excluding carboxylic acids is 1. The third kappa shape index (κ3) is 2.72. The smallest absolute Gasteiger partial charge is 0.338 e. The number of likely N-dealkylation sites (tertiary alicyclic amines) is 1. The van der Waals surface area contributed by atoms with Gasteiger partial charge < -0.3 is 9.88 Å². The molecule has 1 aliphatic carbocycles. The van der Waals surface area contributed by atoms with E-state index in [0.29, 0.717) is 23.5 Å². The summed E-state index contributed by atoms with van der Waals surface area (Å²) in [6, 6.07) is 5.70. The van der Waals surface area contributed by atoms with Crippen LogP contribution in [0.25, 0.3) is 28.5 Å². The van der Waals surface area contributed by atoms with Crippen molar-refractivity contribution in [2.24, 2.45) is 5.41 Å². The summed E-state index contributed by atoms with van der Waals surface area (Å²) in [6.45, 7) is 5.90. The van der Waals surface area contributed by atoms with Crippen LogP contribution in [0.2, 0.25) is 0 Å². The Hall–Kier alpha value is -3.23. The fourth-order valence-corrected chi connectivity index (χ4v) is 4.87. The monoisotopic (exact) mass is 427 g/mol. The predicted molar refractivity (Wildman–Crippen MR) is 109 cm³/mol. The van der Waals surface area contributed by atoms with E-state index in [4.69, 9.17) is 0 Å². The molecular formula is C22H20F3N5O. The molecule has 1 unspecified atom stereocenters. The van der Waals surface area contributed by atoms with Gasteiger partial charge in [-0.3, -0.25) is 4.79 Å². The van der Waals surface area contributed by atoms with E-state index in [-0.39, 0.29) is 6.54 Å². The second-order valence-corrected chi connectivity index (χ2v) is 8.86. The third-order valence-corrected chi connectivity index (χ3v) is 7.03. The number of nitrogens with zero attached hydrogens (tertiary/aromatic N) is 4. The van der Waals surface area contributed by atoms with Gasteiger partial charge in [0.25, 0.3) is 0 Å². The standard InChI is InChI=1S/C22H20F3N5O/c1-20(2)17-9-13-8-15-16(29-18(28-15)12-4-6-26-27-11-12)10-14(13)21(20,3)5-7-30(17)19(31)22(23,24)25/h4,6,8-11H,5,7H2,1-3H3,(H,28,29). The molecule has 1 saturated heterocycles. The predicted octanol–water partition coefficient (Wildman–Crippen LogP) is 4.45. The highest BCUT2D eigenvalue weighted by Gasteiger charge is 2.56. The molecule has 9 heteroatoms. The molecular weight excluding hydrogens is 407 g/mol. The topological polar surface area (TPSA) is 74.8 Å². The summed E-state index contributed by atoms with van der Waals surface area (Å²) in [5.74, 6) is -1.17. The largest absolute Gasteiger partial charge is 0.471 e. The normalized spacial score (nSPS) is 22.3. The first kappa shape index (κ1) is 19.7. The average Bonchev–Trinajstić information content (AvgIpc) is 3.12. The summed E-state index contributed by atoms with van der Waals surface area (Å²) in [5, 5.41) is 7.65. The molecule has 3 aromatic rings. The van der Waals surface area contributed by atoms with Crippen LogP contribution < -0.4 is 0 Å². The molecule has 3 heterocycles. The number of alkyl halides is 3. The second kappa shape index (κ2) is 6.15. The Bertz CT molecular complexity index is 1250. The van der Waals surface area contributed by atoms with Crippen LogP contribution in [0, 0.1) is 5.41 Å². The van der Waals surface area contributed by atoms with E-state index in [9.17, 15) is 18.0 Å². The molecule has 1 fully saturated rings. The maximum Gasteiger partial charge on any atom is 0.471 e. The SMILES string of the molecule is CC1(C)C2=Cc3cc4nc(-c5ccnnc5)[nH]c4cc3C1(C)CCN2C(=O)C(F)(F)F. The van der Waals surface area contributed by atoms with Gasteiger partial charge in [-0.2, -0.15) is 23.4 Å². The van der Waals surface area contributed by atoms with Crippen molar-refractivity contribution < 1.29 is 18.0 Å². The number of hydrogen-bond donors (Lipinski definition) is 1. The third-order valence-electron chi connectivity index (χ3n) is 7.03. The van der Waals surface area contributed by atoms with Crippen molar-refractivity contribution in [3.8, 4) is 11.4 Å². The molecule has 1 N–H and O–H groups in total. The molecule has 1 atom stereocenters. The van der Waals surface area contributed by atoms with Crippen molar-refractivity contribution in [1.82, 2.24) is 25.1 Å². The number of hydrogen-bond acceptors (Lipinski definition) is 4. The summed E-state index contributed by atoms with van der Waals surface area (Å²) in [5.41, 5.74) is 3.44. The van der Waals surface area contributed by atoms with E-state index in [0.717, 1.165) is 27.1 Å². The molecule has 0 spiro atoms. The number of piperidine rings is 1. The minimum Gasteiger partial charge on any atom is -0.338 e. The van der Waals surface area contributed by atoms with E-state index in [1.807, 2.05) is 26.0 Å². The highest BCUT2D eigenvalue weighted by atomic mass is 19.4. The van der Waals surface area contributed by atoms with Crippen molar-refractivity contribution >= 4 is 23.0 Å². The fourth-order valence-electron chi connectivity index (χ4n) is 4.87. The highest BCUT2D eigenvalue weighted by Crippen LogP contribution is 2.58. The molecule has 5 rings (SSSR count). The van der Waals surface area contributed by atoms with Gasteiger partial charge >= 0.3 is 12.1 Å². The van der Waals surface area contributed by atoms with Crippen LogP contribution in [0.4, 0.5) is 13.2 Å². The van der Waals surface area contributed by atoms with Crippen LogP contribution in [0.3, 0.4) is 0 Å². The first-order valence-corrected chi connectivity index (χ1v) is 9.94. The average molecular weight is 427 g/mol. The Kier molecular flexibility index (Phi) is 3.91. The van der Waals surface area contributed by atoms with Crippen LogP contribution in [0.1, 0.15) is 38.3 Å². The Labute approximate surface area is 176 Å². The van der Waals surface area contributed by atoms with Crippen molar-refractivity contribution in [3.63, 3.8) is 0 Å². The van der Waals surface area contributed by atoms with Crippen molar-refractivity contribution in [2.75, 3.05) is 6.54 Å². The number of aromatic nitrogens is 4. The second-order valence-electron chi connectivity index (χ2n) is 8.86. The number of aromatic amines is 1. The molecule has 1 aliphatic heterocycles. The number of benzene rings is 1. The molecule has 1 aromatic carbocycles. The molecule has 160 valence electrons. The molecule has 0 radical (unpaired) electrons. The van der Waals surface area contributed by atoms with Crippen LogP contribution in [-0.4, -0.2) is 43.7 Å². The number of carbonyl (C=O) groups is 1. The first-order chi connectivity index (χ1) is 14.5. The van der Waals surface area contributed by atoms with E-state index in [2.05, 4.69) is 27.1 Å². The summed E-state index contributed by atoms with van der Waals surface area (Å²) in [6.07, 6.45) is 0.410. The molecule has 2 aliphatic rings. The number of H-pyrrole nitrogens is 1. The Balaban J connectivity index is 1.69. The summed E-state index contributed by atoms with van der Waals surface area (Å²) in [4.78, 5) is 21.0. The summed E-state index contributed by atoms with van der Waals surface area (Å²) < 4.78 is 39.7. The number of imidazole rings is 1. The molecule has 1 amide bonds. The Morgan fingerprint density at radius 2 is 1.97 bits per heavy atom. The van der Waals surface area contributed by atoms with Crippen LogP contribution in [0.5, 0.6) is 0 Å². The molecule has 0 saturated carbocycles. The number of fused-ring (bicyclic) bond motifs is 5. The first-order valence-electron chi connectivity index (χ1n) is 9.94. The van der Waals surface area contributed by atoms with Gasteiger partial charge in [0.1, 0.15) is 5.82 Å². The van der Waals surface area contributed by atoms with E-state index < -0.39 is 22.9 Å². The van der Waals surface area contributed by atoms with Gasteiger partial charge in [-0.25, -0.2) is 4.98 Å². The number of rotatable bonds is 1. The summed E-state index contributed by atoms with van der Waals surface area (Å²) >= 11 is 0. The van der Waals surface area contributed by atoms with Gasteiger partial charge in [0.15, 0.2) is 0 Å². The number of allylic oxidation sites excluding steroid dienone is 1. The Morgan fingerprint density at radius 3 is 2.65 bits per heavy atom. The van der Waals surface area contributed by atoms with E-state index >= 15 is 0 Å².